The van der Waals surface area contributed by atoms with Gasteiger partial charge in [0.05, 0.1) is 0 Å². The molecule has 0 bridgehead atoms. The number of rotatable bonds is 5. The lowest BCUT2D eigenvalue weighted by atomic mass is 9.94. The van der Waals surface area contributed by atoms with E-state index in [0.717, 1.165) is 0 Å². The van der Waals surface area contributed by atoms with Crippen molar-refractivity contribution in [3.8, 4) is 55.6 Å². The van der Waals surface area contributed by atoms with Crippen LogP contribution in [0.1, 0.15) is 111 Å². The van der Waals surface area contributed by atoms with E-state index in [1.807, 2.05) is 0 Å². The first-order valence-corrected chi connectivity index (χ1v) is 28.6. The van der Waals surface area contributed by atoms with E-state index in [-0.39, 0.29) is 0 Å². The van der Waals surface area contributed by atoms with Crippen molar-refractivity contribution >= 4 is 0 Å². The Morgan fingerprint density at radius 2 is 0.362 bits per heavy atom. The van der Waals surface area contributed by atoms with E-state index in [1.54, 1.807) is 0 Å². The van der Waals surface area contributed by atoms with Gasteiger partial charge < -0.3 is 0 Å². The third-order valence-electron chi connectivity index (χ3n) is 15.6. The van der Waals surface area contributed by atoms with E-state index in [9.17, 15) is 0 Å². The van der Waals surface area contributed by atoms with Gasteiger partial charge in [-0.1, -0.05) is 226 Å². The van der Waals surface area contributed by atoms with E-state index in [2.05, 4.69) is 320 Å². The maximum absolute atomic E-state index is 2.27. The molecule has 10 aromatic rings. The summed E-state index contributed by atoms with van der Waals surface area (Å²) >= 11 is 0. The van der Waals surface area contributed by atoms with Crippen LogP contribution in [0.25, 0.3) is 55.6 Å². The molecular weight excluding hydrogens is 961 g/mol. The van der Waals surface area contributed by atoms with Crippen molar-refractivity contribution in [2.45, 2.75) is 138 Å². The van der Waals surface area contributed by atoms with Gasteiger partial charge in [-0.2, -0.15) is 0 Å². The molecule has 0 spiro atoms. The summed E-state index contributed by atoms with van der Waals surface area (Å²) < 4.78 is 0. The van der Waals surface area contributed by atoms with Gasteiger partial charge in [-0.05, 0) is 261 Å². The minimum atomic E-state index is 1.31. The quantitative estimate of drug-likeness (QED) is 0.161. The van der Waals surface area contributed by atoms with Gasteiger partial charge in [-0.3, -0.25) is 0 Å². The topological polar surface area (TPSA) is 0 Å². The molecule has 0 heterocycles. The van der Waals surface area contributed by atoms with Crippen LogP contribution < -0.4 is 0 Å². The van der Waals surface area contributed by atoms with Crippen LogP contribution in [0.4, 0.5) is 0 Å². The van der Waals surface area contributed by atoms with Gasteiger partial charge in [0.1, 0.15) is 0 Å². The molecule has 0 fully saturated rings. The summed E-state index contributed by atoms with van der Waals surface area (Å²) in [4.78, 5) is 0. The van der Waals surface area contributed by atoms with Crippen LogP contribution >= 0.6 is 0 Å². The second-order valence-corrected chi connectivity index (χ2v) is 23.2. The summed E-state index contributed by atoms with van der Waals surface area (Å²) in [5.74, 6) is 0. The smallest absolute Gasteiger partial charge is 0.0149 e. The summed E-state index contributed by atoms with van der Waals surface area (Å²) in [7, 11) is 0. The number of hydrogen-bond acceptors (Lipinski definition) is 0. The first-order valence-electron chi connectivity index (χ1n) is 28.6. The van der Waals surface area contributed by atoms with E-state index < -0.39 is 0 Å². The summed E-state index contributed by atoms with van der Waals surface area (Å²) in [6.07, 6.45) is 0. The maximum Gasteiger partial charge on any atom is -0.0149 e. The summed E-state index contributed by atoms with van der Waals surface area (Å²) in [6.45, 7) is 43.2. The Kier molecular flexibility index (Phi) is 21.4. The molecule has 80 heavy (non-hydrogen) atoms. The molecule has 0 aliphatic rings. The van der Waals surface area contributed by atoms with Gasteiger partial charge in [-0.15, -0.1) is 0 Å². The normalized spacial score (nSPS) is 10.5. The van der Waals surface area contributed by atoms with E-state index in [1.165, 1.54) is 167 Å². The molecule has 0 nitrogen and oxygen atoms in total. The predicted molar refractivity (Wildman–Crippen MR) is 354 cm³/mol. The minimum Gasteiger partial charge on any atom is -0.0590 e. The van der Waals surface area contributed by atoms with Crippen molar-refractivity contribution in [1.29, 1.82) is 0 Å². The summed E-state index contributed by atoms with van der Waals surface area (Å²) in [5, 5.41) is 0. The molecule has 0 saturated heterocycles. The highest BCUT2D eigenvalue weighted by Crippen LogP contribution is 2.31. The minimum absolute atomic E-state index is 1.31. The average molecular weight is 1050 g/mol. The zero-order valence-electron chi connectivity index (χ0n) is 52.3. The summed E-state index contributed by atoms with van der Waals surface area (Å²) in [6, 6.07) is 66.7. The molecule has 10 rings (SSSR count). The monoisotopic (exact) mass is 1050 g/mol. The Balaban J connectivity index is 0.000000161. The van der Waals surface area contributed by atoms with Gasteiger partial charge >= 0.3 is 0 Å². The molecule has 0 atom stereocenters. The van der Waals surface area contributed by atoms with Gasteiger partial charge in [0.2, 0.25) is 0 Å². The molecule has 0 amide bonds. The highest BCUT2D eigenvalue weighted by molar-refractivity contribution is 5.73. The van der Waals surface area contributed by atoms with E-state index in [0.29, 0.717) is 0 Å². The molecule has 0 N–H and O–H groups in total. The maximum atomic E-state index is 2.27. The molecule has 410 valence electrons. The second-order valence-electron chi connectivity index (χ2n) is 23.2. The first kappa shape index (κ1) is 61.4. The molecule has 0 radical (unpaired) electrons. The lowest BCUT2D eigenvalue weighted by Gasteiger charge is -2.11. The van der Waals surface area contributed by atoms with Gasteiger partial charge in [0.15, 0.2) is 0 Å². The van der Waals surface area contributed by atoms with Crippen LogP contribution in [0.2, 0.25) is 0 Å². The van der Waals surface area contributed by atoms with Crippen molar-refractivity contribution in [3.63, 3.8) is 0 Å². The molecule has 10 aromatic carbocycles. The zero-order valence-corrected chi connectivity index (χ0v) is 52.3. The predicted octanol–water partition coefficient (Wildman–Crippen LogP) is 22.9. The zero-order chi connectivity index (χ0) is 58.5. The van der Waals surface area contributed by atoms with Gasteiger partial charge in [0.25, 0.3) is 0 Å². The van der Waals surface area contributed by atoms with Crippen molar-refractivity contribution in [2.75, 3.05) is 0 Å². The fraction of sp³-hybridized carbons (Fsp3) is 0.250. The van der Waals surface area contributed by atoms with Crippen molar-refractivity contribution < 1.29 is 0 Å². The molecule has 0 aliphatic carbocycles. The molecule has 0 aromatic heterocycles. The fourth-order valence-electron chi connectivity index (χ4n) is 10.3. The Bertz CT molecular complexity index is 3370. The second kappa shape index (κ2) is 27.9. The Labute approximate surface area is 484 Å². The molecular formula is C80H90. The fourth-order valence-corrected chi connectivity index (χ4v) is 10.3. The number of hydrogen-bond donors (Lipinski definition) is 0. The number of aryl methyl sites for hydroxylation is 20. The average Bonchev–Trinajstić information content (AvgIpc) is 3.44. The number of benzene rings is 10. The third kappa shape index (κ3) is 17.1. The Hall–Kier alpha value is -7.80. The highest BCUT2D eigenvalue weighted by Gasteiger charge is 2.08. The largest absolute Gasteiger partial charge is 0.0590 e. The lowest BCUT2D eigenvalue weighted by molar-refractivity contribution is 1.32. The van der Waals surface area contributed by atoms with Gasteiger partial charge in [0, 0.05) is 0 Å². The van der Waals surface area contributed by atoms with Crippen LogP contribution in [0.5, 0.6) is 0 Å². The van der Waals surface area contributed by atoms with E-state index in [4.69, 9.17) is 0 Å². The highest BCUT2D eigenvalue weighted by atomic mass is 14.1. The van der Waals surface area contributed by atoms with Crippen LogP contribution in [0.3, 0.4) is 0 Å². The Morgan fingerprint density at radius 1 is 0.125 bits per heavy atom. The van der Waals surface area contributed by atoms with Crippen LogP contribution in [0.15, 0.2) is 182 Å². The van der Waals surface area contributed by atoms with E-state index >= 15 is 0 Å². The van der Waals surface area contributed by atoms with Crippen LogP contribution in [-0.4, -0.2) is 0 Å². The SMILES string of the molecule is Cc1cc(C)cc(-c2cc(C)cc(C)c2)c1.Cc1ccc(-c2ccc(C)c(C)c2)cc1C.Cc1ccc(-c2ccc(C)c(C)c2)cc1C.Cc1ccc(-c2ccc(C)cc2C)c(C)c1.Cc1ccc(C)c(-c2cc(C)ccc2C)c1. The Morgan fingerprint density at radius 3 is 0.613 bits per heavy atom. The van der Waals surface area contributed by atoms with Crippen molar-refractivity contribution in [3.05, 3.63) is 293 Å². The van der Waals surface area contributed by atoms with Crippen molar-refractivity contribution in [1.82, 2.24) is 0 Å². The summed E-state index contributed by atoms with van der Waals surface area (Å²) in [5.41, 5.74) is 40.2. The molecule has 0 saturated carbocycles. The van der Waals surface area contributed by atoms with Crippen molar-refractivity contribution in [2.24, 2.45) is 0 Å². The van der Waals surface area contributed by atoms with Crippen LogP contribution in [-0.2, 0) is 0 Å². The third-order valence-corrected chi connectivity index (χ3v) is 15.6. The molecule has 0 aliphatic heterocycles. The van der Waals surface area contributed by atoms with Crippen LogP contribution in [0, 0.1) is 138 Å². The van der Waals surface area contributed by atoms with Gasteiger partial charge in [-0.25, -0.2) is 0 Å². The molecule has 0 unspecified atom stereocenters. The standard InChI is InChI=1S/5C16H18/c1-11-5-12(2)8-15(7-11)16-9-13(3)6-14(4)10-16;2*1-11-5-7-15(9-13(11)3)16-8-6-12(2)14(4)10-16;1-11-5-7-15(13(3)9-11)16-8-6-12(2)10-14(16)4;1-11-5-7-13(3)15(9-11)16-10-12(2)6-8-14(16)4/h5*5-10H,1-4H3. The molecule has 0 heteroatoms. The lowest BCUT2D eigenvalue weighted by Crippen LogP contribution is -1.89. The first-order chi connectivity index (χ1) is 37.8.